The van der Waals surface area contributed by atoms with Crippen LogP contribution < -0.4 is 5.32 Å². The number of aliphatic carboxylic acids is 1. The van der Waals surface area contributed by atoms with Crippen LogP contribution in [0.5, 0.6) is 0 Å². The highest BCUT2D eigenvalue weighted by Gasteiger charge is 2.27. The van der Waals surface area contributed by atoms with Gasteiger partial charge in [-0.3, -0.25) is 0 Å². The van der Waals surface area contributed by atoms with Crippen molar-refractivity contribution < 1.29 is 28.2 Å². The number of aliphatic hydroxyl groups excluding tert-OH is 1. The number of rotatable bonds is 6. The average molecular weight is 322 g/mol. The van der Waals surface area contributed by atoms with Gasteiger partial charge in [0.2, 0.25) is 0 Å². The van der Waals surface area contributed by atoms with Gasteiger partial charge in [-0.1, -0.05) is 0 Å². The molecule has 2 unspecified atom stereocenters. The molecule has 8 nitrogen and oxygen atoms in total. The van der Waals surface area contributed by atoms with E-state index < -0.39 is 27.9 Å². The maximum Gasteiger partial charge on any atom is 0.326 e. The standard InChI is InChI=1S/C12H22N2O6S/c1-21(19,20)6-4-10(11(16)17)13-12(18)14-5-2-3-9(7-14)8-15/h9-10,15H,2-8H2,1H3,(H,13,18)(H,16,17). The van der Waals surface area contributed by atoms with Crippen molar-refractivity contribution in [3.8, 4) is 0 Å². The molecule has 0 saturated carbocycles. The second-order valence-corrected chi connectivity index (χ2v) is 7.66. The SMILES string of the molecule is CS(=O)(=O)CCC(NC(=O)N1CCCC(CO)C1)C(=O)O. The van der Waals surface area contributed by atoms with Crippen molar-refractivity contribution in [1.82, 2.24) is 10.2 Å². The van der Waals surface area contributed by atoms with E-state index in [1.165, 1.54) is 4.90 Å². The van der Waals surface area contributed by atoms with Gasteiger partial charge in [-0.25, -0.2) is 18.0 Å². The summed E-state index contributed by atoms with van der Waals surface area (Å²) in [5, 5.41) is 20.5. The Bertz CT molecular complexity index is 478. The number of hydrogen-bond acceptors (Lipinski definition) is 5. The van der Waals surface area contributed by atoms with Crippen LogP contribution in [0.25, 0.3) is 0 Å². The number of hydrogen-bond donors (Lipinski definition) is 3. The fourth-order valence-electron chi connectivity index (χ4n) is 2.23. The lowest BCUT2D eigenvalue weighted by molar-refractivity contribution is -0.139. The number of likely N-dealkylation sites (tertiary alicyclic amines) is 1. The molecule has 1 aliphatic rings. The van der Waals surface area contributed by atoms with Crippen LogP contribution in [0.3, 0.4) is 0 Å². The van der Waals surface area contributed by atoms with Gasteiger partial charge in [-0.05, 0) is 25.2 Å². The molecule has 1 rings (SSSR count). The molecule has 1 heterocycles. The predicted molar refractivity (Wildman–Crippen MR) is 75.7 cm³/mol. The smallest absolute Gasteiger partial charge is 0.326 e. The van der Waals surface area contributed by atoms with Crippen LogP contribution in [-0.4, -0.2) is 73.3 Å². The number of nitrogens with zero attached hydrogens (tertiary/aromatic N) is 1. The molecule has 0 aromatic heterocycles. The van der Waals surface area contributed by atoms with Gasteiger partial charge in [-0.2, -0.15) is 0 Å². The molecule has 9 heteroatoms. The quantitative estimate of drug-likeness (QED) is 0.593. The monoisotopic (exact) mass is 322 g/mol. The van der Waals surface area contributed by atoms with E-state index in [2.05, 4.69) is 5.32 Å². The van der Waals surface area contributed by atoms with Crippen LogP contribution in [0.2, 0.25) is 0 Å². The van der Waals surface area contributed by atoms with E-state index >= 15 is 0 Å². The Morgan fingerprint density at radius 3 is 2.62 bits per heavy atom. The first kappa shape index (κ1) is 17.7. The van der Waals surface area contributed by atoms with Crippen LogP contribution in [0.1, 0.15) is 19.3 Å². The van der Waals surface area contributed by atoms with Crippen molar-refractivity contribution in [1.29, 1.82) is 0 Å². The largest absolute Gasteiger partial charge is 0.480 e. The molecule has 0 spiro atoms. The molecule has 1 saturated heterocycles. The fourth-order valence-corrected chi connectivity index (χ4v) is 2.89. The number of piperidine rings is 1. The van der Waals surface area contributed by atoms with Crippen LogP contribution in [0, 0.1) is 5.92 Å². The fraction of sp³-hybridized carbons (Fsp3) is 0.833. The molecule has 122 valence electrons. The molecule has 2 amide bonds. The summed E-state index contributed by atoms with van der Waals surface area (Å²) in [5.74, 6) is -1.56. The third-order valence-corrected chi connectivity index (χ3v) is 4.41. The predicted octanol–water partition coefficient (Wildman–Crippen LogP) is -0.712. The van der Waals surface area contributed by atoms with Gasteiger partial charge in [0, 0.05) is 26.0 Å². The van der Waals surface area contributed by atoms with E-state index in [1.807, 2.05) is 0 Å². The van der Waals surface area contributed by atoms with Gasteiger partial charge in [0.15, 0.2) is 0 Å². The van der Waals surface area contributed by atoms with Crippen molar-refractivity contribution in [3.63, 3.8) is 0 Å². The summed E-state index contributed by atoms with van der Waals surface area (Å²) in [4.78, 5) is 24.6. The molecule has 1 fully saturated rings. The van der Waals surface area contributed by atoms with Crippen LogP contribution in [-0.2, 0) is 14.6 Å². The Hall–Kier alpha value is -1.35. The minimum atomic E-state index is -3.29. The van der Waals surface area contributed by atoms with Crippen molar-refractivity contribution in [3.05, 3.63) is 0 Å². The Labute approximate surface area is 124 Å². The van der Waals surface area contributed by atoms with Crippen molar-refractivity contribution in [2.24, 2.45) is 5.92 Å². The Kier molecular flexibility index (Phi) is 6.41. The summed E-state index contributed by atoms with van der Waals surface area (Å²) in [7, 11) is -3.29. The molecule has 3 N–H and O–H groups in total. The summed E-state index contributed by atoms with van der Waals surface area (Å²) in [6, 6.07) is -1.77. The highest BCUT2D eigenvalue weighted by atomic mass is 32.2. The minimum absolute atomic E-state index is 0.00352. The summed E-state index contributed by atoms with van der Waals surface area (Å²) in [5.41, 5.74) is 0. The average Bonchev–Trinajstić information content (AvgIpc) is 2.41. The maximum absolute atomic E-state index is 12.0. The Balaban J connectivity index is 2.57. The second-order valence-electron chi connectivity index (χ2n) is 5.40. The molecule has 0 aliphatic carbocycles. The van der Waals surface area contributed by atoms with E-state index in [4.69, 9.17) is 10.2 Å². The van der Waals surface area contributed by atoms with Gasteiger partial charge in [-0.15, -0.1) is 0 Å². The van der Waals surface area contributed by atoms with E-state index in [0.29, 0.717) is 13.1 Å². The van der Waals surface area contributed by atoms with Crippen LogP contribution in [0.15, 0.2) is 0 Å². The lowest BCUT2D eigenvalue weighted by Crippen LogP contribution is -2.51. The first-order valence-electron chi connectivity index (χ1n) is 6.79. The van der Waals surface area contributed by atoms with Crippen molar-refractivity contribution >= 4 is 21.8 Å². The highest BCUT2D eigenvalue weighted by Crippen LogP contribution is 2.15. The zero-order chi connectivity index (χ0) is 16.0. The number of amides is 2. The van der Waals surface area contributed by atoms with Crippen molar-refractivity contribution in [2.75, 3.05) is 31.7 Å². The molecular weight excluding hydrogens is 300 g/mol. The molecule has 0 bridgehead atoms. The summed E-state index contributed by atoms with van der Waals surface area (Å²) in [6.07, 6.45) is 2.43. The molecule has 1 aliphatic heterocycles. The summed E-state index contributed by atoms with van der Waals surface area (Å²) >= 11 is 0. The lowest BCUT2D eigenvalue weighted by Gasteiger charge is -2.32. The summed E-state index contributed by atoms with van der Waals surface area (Å²) < 4.78 is 22.2. The third-order valence-electron chi connectivity index (χ3n) is 3.44. The first-order valence-corrected chi connectivity index (χ1v) is 8.86. The number of carboxylic acid groups (broad SMARTS) is 1. The number of carboxylic acids is 1. The second kappa shape index (κ2) is 7.60. The normalized spacial score (nSPS) is 20.9. The van der Waals surface area contributed by atoms with E-state index in [-0.39, 0.29) is 24.7 Å². The zero-order valence-electron chi connectivity index (χ0n) is 12.0. The zero-order valence-corrected chi connectivity index (χ0v) is 12.8. The first-order chi connectivity index (χ1) is 9.73. The lowest BCUT2D eigenvalue weighted by atomic mass is 9.99. The van der Waals surface area contributed by atoms with E-state index in [0.717, 1.165) is 19.1 Å². The van der Waals surface area contributed by atoms with Gasteiger partial charge >= 0.3 is 12.0 Å². The van der Waals surface area contributed by atoms with Crippen LogP contribution in [0.4, 0.5) is 4.79 Å². The summed E-state index contributed by atoms with van der Waals surface area (Å²) in [6.45, 7) is 0.863. The number of nitrogens with one attached hydrogen (secondary N) is 1. The van der Waals surface area contributed by atoms with Gasteiger partial charge in [0.05, 0.1) is 5.75 Å². The van der Waals surface area contributed by atoms with Gasteiger partial charge in [0.25, 0.3) is 0 Å². The number of aliphatic hydroxyl groups is 1. The number of urea groups is 1. The number of carbonyl (C=O) groups excluding carboxylic acids is 1. The molecule has 0 aromatic carbocycles. The Morgan fingerprint density at radius 1 is 1.43 bits per heavy atom. The molecule has 21 heavy (non-hydrogen) atoms. The molecule has 0 radical (unpaired) electrons. The van der Waals surface area contributed by atoms with E-state index in [9.17, 15) is 18.0 Å². The molecule has 2 atom stereocenters. The Morgan fingerprint density at radius 2 is 2.10 bits per heavy atom. The van der Waals surface area contributed by atoms with Crippen LogP contribution >= 0.6 is 0 Å². The number of carbonyl (C=O) groups is 2. The molecular formula is C12H22N2O6S. The third kappa shape index (κ3) is 6.30. The van der Waals surface area contributed by atoms with E-state index in [1.54, 1.807) is 0 Å². The van der Waals surface area contributed by atoms with Gasteiger partial charge < -0.3 is 20.4 Å². The number of sulfone groups is 1. The maximum atomic E-state index is 12.0. The highest BCUT2D eigenvalue weighted by molar-refractivity contribution is 7.90. The van der Waals surface area contributed by atoms with Gasteiger partial charge in [0.1, 0.15) is 15.9 Å². The van der Waals surface area contributed by atoms with Crippen molar-refractivity contribution in [2.45, 2.75) is 25.3 Å². The topological polar surface area (TPSA) is 124 Å². The molecule has 0 aromatic rings. The minimum Gasteiger partial charge on any atom is -0.480 e.